The average Bonchev–Trinajstić information content (AvgIpc) is 2.67. The van der Waals surface area contributed by atoms with E-state index in [0.717, 1.165) is 13.1 Å². The van der Waals surface area contributed by atoms with Crippen LogP contribution in [0.4, 0.5) is 0 Å². The van der Waals surface area contributed by atoms with Gasteiger partial charge in [-0.15, -0.1) is 0 Å². The fourth-order valence-corrected chi connectivity index (χ4v) is 3.39. The second-order valence-electron chi connectivity index (χ2n) is 6.60. The van der Waals surface area contributed by atoms with Crippen molar-refractivity contribution in [3.63, 3.8) is 0 Å². The van der Waals surface area contributed by atoms with Gasteiger partial charge in [0.1, 0.15) is 0 Å². The van der Waals surface area contributed by atoms with Gasteiger partial charge < -0.3 is 14.4 Å². The summed E-state index contributed by atoms with van der Waals surface area (Å²) < 4.78 is 10.5. The summed E-state index contributed by atoms with van der Waals surface area (Å²) in [7, 11) is 5.32. The van der Waals surface area contributed by atoms with E-state index in [4.69, 9.17) is 9.47 Å². The molecule has 1 aliphatic heterocycles. The predicted octanol–water partition coefficient (Wildman–Crippen LogP) is 3.74. The maximum absolute atomic E-state index is 12.7. The third-order valence-electron chi connectivity index (χ3n) is 5.01. The number of piperidine rings is 1. The largest absolute Gasteiger partial charge is 0.493 e. The van der Waals surface area contributed by atoms with Gasteiger partial charge in [-0.05, 0) is 62.7 Å². The fraction of sp³-hybridized carbons (Fsp3) is 0.381. The zero-order valence-corrected chi connectivity index (χ0v) is 15.1. The van der Waals surface area contributed by atoms with Gasteiger partial charge in [-0.2, -0.15) is 0 Å². The Morgan fingerprint density at radius 1 is 0.920 bits per heavy atom. The summed E-state index contributed by atoms with van der Waals surface area (Å²) in [6.07, 6.45) is 2.36. The Morgan fingerprint density at radius 2 is 1.52 bits per heavy atom. The number of likely N-dealkylation sites (tertiary alicyclic amines) is 1. The number of carbonyl (C=O) groups is 1. The van der Waals surface area contributed by atoms with Crippen molar-refractivity contribution in [3.8, 4) is 11.5 Å². The van der Waals surface area contributed by atoms with Crippen LogP contribution in [-0.2, 0) is 0 Å². The highest BCUT2D eigenvalue weighted by Crippen LogP contribution is 2.30. The van der Waals surface area contributed by atoms with E-state index in [9.17, 15) is 4.79 Å². The molecule has 4 heteroatoms. The summed E-state index contributed by atoms with van der Waals surface area (Å²) in [5.41, 5.74) is 2.63. The minimum absolute atomic E-state index is 0.00381. The highest BCUT2D eigenvalue weighted by atomic mass is 16.5. The van der Waals surface area contributed by atoms with Crippen LogP contribution < -0.4 is 9.47 Å². The van der Waals surface area contributed by atoms with Crippen LogP contribution in [0.3, 0.4) is 0 Å². The molecular formula is C21H25NO3. The van der Waals surface area contributed by atoms with Gasteiger partial charge in [0.05, 0.1) is 14.2 Å². The average molecular weight is 339 g/mol. The van der Waals surface area contributed by atoms with Crippen LogP contribution in [0.2, 0.25) is 0 Å². The van der Waals surface area contributed by atoms with E-state index in [1.54, 1.807) is 32.4 Å². The molecule has 0 radical (unpaired) electrons. The zero-order chi connectivity index (χ0) is 17.8. The molecule has 0 amide bonds. The van der Waals surface area contributed by atoms with Crippen LogP contribution in [-0.4, -0.2) is 45.0 Å². The Labute approximate surface area is 149 Å². The quantitative estimate of drug-likeness (QED) is 0.778. The number of rotatable bonds is 5. The summed E-state index contributed by atoms with van der Waals surface area (Å²) in [6, 6.07) is 13.3. The maximum atomic E-state index is 12.7. The molecule has 1 saturated heterocycles. The van der Waals surface area contributed by atoms with Crippen molar-refractivity contribution in [1.29, 1.82) is 0 Å². The van der Waals surface area contributed by atoms with Crippen LogP contribution in [0.25, 0.3) is 0 Å². The Balaban J connectivity index is 1.77. The molecule has 0 bridgehead atoms. The zero-order valence-electron chi connectivity index (χ0n) is 15.1. The van der Waals surface area contributed by atoms with E-state index >= 15 is 0 Å². The Bertz CT molecular complexity index is 731. The first-order valence-electron chi connectivity index (χ1n) is 8.67. The molecule has 0 aliphatic carbocycles. The molecule has 1 aliphatic rings. The van der Waals surface area contributed by atoms with Gasteiger partial charge >= 0.3 is 0 Å². The second-order valence-corrected chi connectivity index (χ2v) is 6.60. The third kappa shape index (κ3) is 3.85. The van der Waals surface area contributed by atoms with Gasteiger partial charge in [-0.25, -0.2) is 0 Å². The number of hydrogen-bond donors (Lipinski definition) is 0. The van der Waals surface area contributed by atoms with E-state index < -0.39 is 0 Å². The maximum Gasteiger partial charge on any atom is 0.193 e. The van der Waals surface area contributed by atoms with Gasteiger partial charge in [0.25, 0.3) is 0 Å². The number of methoxy groups -OCH3 is 2. The molecule has 132 valence electrons. The summed E-state index contributed by atoms with van der Waals surface area (Å²) >= 11 is 0. The Morgan fingerprint density at radius 3 is 2.12 bits per heavy atom. The number of ether oxygens (including phenoxy) is 2. The lowest BCUT2D eigenvalue weighted by molar-refractivity contribution is 0.103. The molecule has 4 nitrogen and oxygen atoms in total. The molecule has 0 saturated carbocycles. The highest BCUT2D eigenvalue weighted by molar-refractivity contribution is 6.09. The van der Waals surface area contributed by atoms with Crippen molar-refractivity contribution < 1.29 is 14.3 Å². The van der Waals surface area contributed by atoms with Crippen molar-refractivity contribution in [2.45, 2.75) is 18.8 Å². The molecule has 0 spiro atoms. The Kier molecular flexibility index (Phi) is 5.39. The van der Waals surface area contributed by atoms with E-state index in [0.29, 0.717) is 28.5 Å². The lowest BCUT2D eigenvalue weighted by Crippen LogP contribution is -2.29. The molecular weight excluding hydrogens is 314 g/mol. The van der Waals surface area contributed by atoms with Crippen molar-refractivity contribution in [1.82, 2.24) is 4.90 Å². The normalized spacial score (nSPS) is 15.8. The minimum atomic E-state index is -0.00381. The molecule has 25 heavy (non-hydrogen) atoms. The molecule has 0 aromatic heterocycles. The number of benzene rings is 2. The van der Waals surface area contributed by atoms with Gasteiger partial charge in [-0.1, -0.05) is 24.3 Å². The summed E-state index contributed by atoms with van der Waals surface area (Å²) in [5, 5.41) is 0. The third-order valence-corrected chi connectivity index (χ3v) is 5.01. The number of nitrogens with zero attached hydrogens (tertiary/aromatic N) is 1. The lowest BCUT2D eigenvalue weighted by atomic mass is 9.88. The van der Waals surface area contributed by atoms with Crippen LogP contribution in [0.5, 0.6) is 11.5 Å². The number of hydrogen-bond acceptors (Lipinski definition) is 4. The SMILES string of the molecule is COc1ccc(C(=O)c2ccc(C3CCN(C)CC3)cc2)cc1OC. The molecule has 0 N–H and O–H groups in total. The summed E-state index contributed by atoms with van der Waals surface area (Å²) in [5.74, 6) is 1.78. The Hall–Kier alpha value is -2.33. The molecule has 0 atom stereocenters. The first-order chi connectivity index (χ1) is 12.1. The van der Waals surface area contributed by atoms with E-state index in [1.165, 1.54) is 18.4 Å². The van der Waals surface area contributed by atoms with Gasteiger partial charge in [0.2, 0.25) is 0 Å². The van der Waals surface area contributed by atoms with E-state index in [-0.39, 0.29) is 5.78 Å². The van der Waals surface area contributed by atoms with Gasteiger partial charge in [-0.3, -0.25) is 4.79 Å². The first kappa shape index (κ1) is 17.5. The fourth-order valence-electron chi connectivity index (χ4n) is 3.39. The smallest absolute Gasteiger partial charge is 0.193 e. The minimum Gasteiger partial charge on any atom is -0.493 e. The molecule has 2 aromatic carbocycles. The van der Waals surface area contributed by atoms with Crippen LogP contribution >= 0.6 is 0 Å². The van der Waals surface area contributed by atoms with Gasteiger partial charge in [0, 0.05) is 11.1 Å². The monoisotopic (exact) mass is 339 g/mol. The van der Waals surface area contributed by atoms with E-state index in [1.807, 2.05) is 12.1 Å². The van der Waals surface area contributed by atoms with Crippen LogP contribution in [0.15, 0.2) is 42.5 Å². The summed E-state index contributed by atoms with van der Waals surface area (Å²) in [6.45, 7) is 2.27. The lowest BCUT2D eigenvalue weighted by Gasteiger charge is -2.29. The molecule has 3 rings (SSSR count). The predicted molar refractivity (Wildman–Crippen MR) is 98.9 cm³/mol. The molecule has 2 aromatic rings. The van der Waals surface area contributed by atoms with Crippen molar-refractivity contribution in [2.75, 3.05) is 34.4 Å². The first-order valence-corrected chi connectivity index (χ1v) is 8.67. The van der Waals surface area contributed by atoms with Crippen molar-refractivity contribution >= 4 is 5.78 Å². The van der Waals surface area contributed by atoms with Crippen LogP contribution in [0, 0.1) is 0 Å². The summed E-state index contributed by atoms with van der Waals surface area (Å²) in [4.78, 5) is 15.1. The van der Waals surface area contributed by atoms with Crippen molar-refractivity contribution in [3.05, 3.63) is 59.2 Å². The second kappa shape index (κ2) is 7.70. The van der Waals surface area contributed by atoms with Crippen molar-refractivity contribution in [2.24, 2.45) is 0 Å². The number of carbonyl (C=O) groups excluding carboxylic acids is 1. The molecule has 1 fully saturated rings. The topological polar surface area (TPSA) is 38.8 Å². The standard InChI is InChI=1S/C21H25NO3/c1-22-12-10-16(11-13-22)15-4-6-17(7-5-15)21(23)18-8-9-19(24-2)20(14-18)25-3/h4-9,14,16H,10-13H2,1-3H3. The molecule has 0 unspecified atom stereocenters. The van der Waals surface area contributed by atoms with Crippen LogP contribution in [0.1, 0.15) is 40.2 Å². The number of ketones is 1. The molecule has 1 heterocycles. The highest BCUT2D eigenvalue weighted by Gasteiger charge is 2.19. The van der Waals surface area contributed by atoms with Gasteiger partial charge in [0.15, 0.2) is 17.3 Å². The van der Waals surface area contributed by atoms with E-state index in [2.05, 4.69) is 24.1 Å².